The standard InChI is InChI=1S/C11H12ClN5O2/c1-6-2-8(17-19-6)5-14-11(18)7-3-9(12)15-10(4-7)16-13/h2-4H,5,13H2,1H3,(H,14,18)(H,15,16). The third-order valence-corrected chi connectivity index (χ3v) is 2.50. The summed E-state index contributed by atoms with van der Waals surface area (Å²) in [6, 6.07) is 4.69. The monoisotopic (exact) mass is 281 g/mol. The van der Waals surface area contributed by atoms with Crippen molar-refractivity contribution >= 4 is 23.3 Å². The predicted octanol–water partition coefficient (Wildman–Crippen LogP) is 1.25. The van der Waals surface area contributed by atoms with Crippen LogP contribution >= 0.6 is 11.6 Å². The topological polar surface area (TPSA) is 106 Å². The third kappa shape index (κ3) is 3.43. The van der Waals surface area contributed by atoms with E-state index in [0.29, 0.717) is 22.8 Å². The van der Waals surface area contributed by atoms with Gasteiger partial charge in [-0.25, -0.2) is 10.8 Å². The number of hydrazine groups is 1. The van der Waals surface area contributed by atoms with Gasteiger partial charge in [0.05, 0.1) is 6.54 Å². The highest BCUT2D eigenvalue weighted by Gasteiger charge is 2.10. The van der Waals surface area contributed by atoms with E-state index in [0.717, 1.165) is 0 Å². The van der Waals surface area contributed by atoms with Gasteiger partial charge in [0.1, 0.15) is 22.4 Å². The van der Waals surface area contributed by atoms with Crippen LogP contribution in [0, 0.1) is 6.92 Å². The maximum Gasteiger partial charge on any atom is 0.251 e. The van der Waals surface area contributed by atoms with Gasteiger partial charge < -0.3 is 15.3 Å². The van der Waals surface area contributed by atoms with Crippen LogP contribution in [0.2, 0.25) is 5.15 Å². The van der Waals surface area contributed by atoms with Crippen LogP contribution in [0.25, 0.3) is 0 Å². The normalized spacial score (nSPS) is 10.3. The summed E-state index contributed by atoms with van der Waals surface area (Å²) in [6.07, 6.45) is 0. The smallest absolute Gasteiger partial charge is 0.251 e. The van der Waals surface area contributed by atoms with Gasteiger partial charge in [0.15, 0.2) is 0 Å². The second-order valence-electron chi connectivity index (χ2n) is 3.82. The van der Waals surface area contributed by atoms with Gasteiger partial charge in [0, 0.05) is 11.6 Å². The van der Waals surface area contributed by atoms with Crippen molar-refractivity contribution in [3.8, 4) is 0 Å². The van der Waals surface area contributed by atoms with Crippen molar-refractivity contribution in [2.75, 3.05) is 5.43 Å². The van der Waals surface area contributed by atoms with Crippen LogP contribution in [0.1, 0.15) is 21.8 Å². The molecular formula is C11H12ClN5O2. The molecule has 2 heterocycles. The Morgan fingerprint density at radius 1 is 1.47 bits per heavy atom. The summed E-state index contributed by atoms with van der Waals surface area (Å²) in [5.41, 5.74) is 3.33. The van der Waals surface area contributed by atoms with Crippen molar-refractivity contribution in [2.45, 2.75) is 13.5 Å². The highest BCUT2D eigenvalue weighted by atomic mass is 35.5. The Morgan fingerprint density at radius 2 is 2.26 bits per heavy atom. The summed E-state index contributed by atoms with van der Waals surface area (Å²) in [5.74, 6) is 5.93. The Morgan fingerprint density at radius 3 is 2.89 bits per heavy atom. The lowest BCUT2D eigenvalue weighted by atomic mass is 10.2. The fourth-order valence-electron chi connectivity index (χ4n) is 1.48. The molecule has 0 bridgehead atoms. The Labute approximate surface area is 114 Å². The molecule has 0 saturated heterocycles. The van der Waals surface area contributed by atoms with E-state index in [4.69, 9.17) is 22.0 Å². The van der Waals surface area contributed by atoms with Crippen molar-refractivity contribution in [2.24, 2.45) is 5.84 Å². The highest BCUT2D eigenvalue weighted by molar-refractivity contribution is 6.29. The van der Waals surface area contributed by atoms with E-state index >= 15 is 0 Å². The number of anilines is 1. The molecule has 0 spiro atoms. The number of nitrogens with zero attached hydrogens (tertiary/aromatic N) is 2. The third-order valence-electron chi connectivity index (χ3n) is 2.31. The number of rotatable bonds is 4. The first kappa shape index (κ1) is 13.3. The number of carbonyl (C=O) groups is 1. The van der Waals surface area contributed by atoms with Crippen LogP contribution in [0.5, 0.6) is 0 Å². The van der Waals surface area contributed by atoms with E-state index in [9.17, 15) is 4.79 Å². The van der Waals surface area contributed by atoms with Gasteiger partial charge >= 0.3 is 0 Å². The molecule has 7 nitrogen and oxygen atoms in total. The lowest BCUT2D eigenvalue weighted by Gasteiger charge is -2.05. The van der Waals surface area contributed by atoms with Crippen LogP contribution in [0.3, 0.4) is 0 Å². The molecule has 0 fully saturated rings. The van der Waals surface area contributed by atoms with Crippen LogP contribution in [-0.4, -0.2) is 16.0 Å². The van der Waals surface area contributed by atoms with Gasteiger partial charge in [-0.2, -0.15) is 0 Å². The minimum absolute atomic E-state index is 0.179. The highest BCUT2D eigenvalue weighted by Crippen LogP contribution is 2.13. The van der Waals surface area contributed by atoms with Crippen molar-refractivity contribution in [1.82, 2.24) is 15.5 Å². The molecule has 0 radical (unpaired) electrons. The molecule has 4 N–H and O–H groups in total. The van der Waals surface area contributed by atoms with Gasteiger partial charge in [0.2, 0.25) is 0 Å². The average Bonchev–Trinajstić information content (AvgIpc) is 2.81. The summed E-state index contributed by atoms with van der Waals surface area (Å²) < 4.78 is 4.90. The molecular weight excluding hydrogens is 270 g/mol. The molecule has 0 saturated carbocycles. The first-order chi connectivity index (χ1) is 9.08. The van der Waals surface area contributed by atoms with E-state index in [1.165, 1.54) is 12.1 Å². The lowest BCUT2D eigenvalue weighted by molar-refractivity contribution is 0.0950. The van der Waals surface area contributed by atoms with Gasteiger partial charge in [-0.3, -0.25) is 4.79 Å². The fourth-order valence-corrected chi connectivity index (χ4v) is 1.68. The minimum atomic E-state index is -0.304. The quantitative estimate of drug-likeness (QED) is 0.442. The van der Waals surface area contributed by atoms with E-state index in [1.807, 2.05) is 0 Å². The van der Waals surface area contributed by atoms with E-state index in [2.05, 4.69) is 20.9 Å². The number of hydrogen-bond acceptors (Lipinski definition) is 6. The van der Waals surface area contributed by atoms with Crippen LogP contribution in [0.4, 0.5) is 5.82 Å². The number of halogens is 1. The van der Waals surface area contributed by atoms with Gasteiger partial charge in [-0.1, -0.05) is 16.8 Å². The van der Waals surface area contributed by atoms with Crippen molar-refractivity contribution < 1.29 is 9.32 Å². The number of aromatic nitrogens is 2. The van der Waals surface area contributed by atoms with Crippen LogP contribution < -0.4 is 16.6 Å². The summed E-state index contributed by atoms with van der Waals surface area (Å²) in [4.78, 5) is 15.8. The first-order valence-electron chi connectivity index (χ1n) is 5.43. The number of aryl methyl sites for hydroxylation is 1. The molecule has 0 unspecified atom stereocenters. The van der Waals surface area contributed by atoms with E-state index in [1.54, 1.807) is 13.0 Å². The Kier molecular flexibility index (Phi) is 3.98. The summed E-state index contributed by atoms with van der Waals surface area (Å²) in [5, 5.41) is 6.64. The zero-order chi connectivity index (χ0) is 13.8. The zero-order valence-corrected chi connectivity index (χ0v) is 10.9. The molecule has 8 heteroatoms. The van der Waals surface area contributed by atoms with Crippen molar-refractivity contribution in [1.29, 1.82) is 0 Å². The van der Waals surface area contributed by atoms with Gasteiger partial charge in [-0.15, -0.1) is 0 Å². The van der Waals surface area contributed by atoms with Crippen LogP contribution in [-0.2, 0) is 6.54 Å². The maximum atomic E-state index is 11.9. The molecule has 0 aliphatic heterocycles. The van der Waals surface area contributed by atoms with Crippen molar-refractivity contribution in [3.63, 3.8) is 0 Å². The van der Waals surface area contributed by atoms with Gasteiger partial charge in [0.25, 0.3) is 5.91 Å². The minimum Gasteiger partial charge on any atom is -0.361 e. The molecule has 100 valence electrons. The molecule has 0 aromatic carbocycles. The molecule has 19 heavy (non-hydrogen) atoms. The second kappa shape index (κ2) is 5.68. The summed E-state index contributed by atoms with van der Waals surface area (Å²) in [6.45, 7) is 2.04. The SMILES string of the molecule is Cc1cc(CNC(=O)c2cc(Cl)nc(NN)c2)no1. The number of nitrogen functional groups attached to an aromatic ring is 1. The molecule has 0 atom stereocenters. The second-order valence-corrected chi connectivity index (χ2v) is 4.21. The lowest BCUT2D eigenvalue weighted by Crippen LogP contribution is -2.23. The number of nitrogens with two attached hydrogens (primary N) is 1. The van der Waals surface area contributed by atoms with E-state index in [-0.39, 0.29) is 17.6 Å². The largest absolute Gasteiger partial charge is 0.361 e. The summed E-state index contributed by atoms with van der Waals surface area (Å²) >= 11 is 5.78. The number of carbonyl (C=O) groups excluding carboxylic acids is 1. The van der Waals surface area contributed by atoms with Gasteiger partial charge in [-0.05, 0) is 19.1 Å². The molecule has 2 aromatic rings. The Hall–Kier alpha value is -2.12. The Balaban J connectivity index is 2.05. The van der Waals surface area contributed by atoms with E-state index < -0.39 is 0 Å². The molecule has 2 aromatic heterocycles. The molecule has 2 rings (SSSR count). The molecule has 0 aliphatic rings. The number of pyridine rings is 1. The molecule has 0 aliphatic carbocycles. The predicted molar refractivity (Wildman–Crippen MR) is 69.5 cm³/mol. The van der Waals surface area contributed by atoms with Crippen LogP contribution in [0.15, 0.2) is 22.7 Å². The number of nitrogens with one attached hydrogen (secondary N) is 2. The van der Waals surface area contributed by atoms with Crippen molar-refractivity contribution in [3.05, 3.63) is 40.4 Å². The first-order valence-corrected chi connectivity index (χ1v) is 5.81. The fraction of sp³-hybridized carbons (Fsp3) is 0.182. The number of amides is 1. The Bertz CT molecular complexity index is 599. The zero-order valence-electron chi connectivity index (χ0n) is 10.1. The molecule has 1 amide bonds. The average molecular weight is 282 g/mol. The summed E-state index contributed by atoms with van der Waals surface area (Å²) in [7, 11) is 0. The maximum absolute atomic E-state index is 11.9. The number of hydrogen-bond donors (Lipinski definition) is 3.